The third-order valence-corrected chi connectivity index (χ3v) is 3.40. The Hall–Kier alpha value is -3.42. The predicted octanol–water partition coefficient (Wildman–Crippen LogP) is 4.63. The van der Waals surface area contributed by atoms with E-state index >= 15 is 0 Å². The molecule has 1 aromatic heterocycles. The number of amides is 1. The molecule has 0 aliphatic carbocycles. The third kappa shape index (κ3) is 3.97. The number of hydrogen-bond acceptors (Lipinski definition) is 3. The highest BCUT2D eigenvalue weighted by Gasteiger charge is 2.10. The molecule has 0 bridgehead atoms. The summed E-state index contributed by atoms with van der Waals surface area (Å²) in [5.41, 5.74) is 0.266. The standard InChI is InChI=1S/C18H11F4N3O/c19-11-2-5-16(15(22)7-11)25-17-6-1-10(9-23-17)18(26)24-12-3-4-13(20)14(21)8-12/h1-9H,(H,23,25)(H,24,26). The minimum Gasteiger partial charge on any atom is -0.338 e. The predicted molar refractivity (Wildman–Crippen MR) is 88.2 cm³/mol. The van der Waals surface area contributed by atoms with E-state index in [9.17, 15) is 22.4 Å². The lowest BCUT2D eigenvalue weighted by Crippen LogP contribution is -2.12. The van der Waals surface area contributed by atoms with Gasteiger partial charge in [0.25, 0.3) is 5.91 Å². The zero-order valence-corrected chi connectivity index (χ0v) is 13.1. The Balaban J connectivity index is 1.70. The summed E-state index contributed by atoms with van der Waals surface area (Å²) in [6.45, 7) is 0. The summed E-state index contributed by atoms with van der Waals surface area (Å²) < 4.78 is 52.5. The van der Waals surface area contributed by atoms with E-state index < -0.39 is 29.2 Å². The Morgan fingerprint density at radius 3 is 2.31 bits per heavy atom. The van der Waals surface area contributed by atoms with E-state index in [1.807, 2.05) is 0 Å². The fraction of sp³-hybridized carbons (Fsp3) is 0. The van der Waals surface area contributed by atoms with Gasteiger partial charge in [-0.1, -0.05) is 0 Å². The molecule has 3 rings (SSSR count). The number of hydrogen-bond donors (Lipinski definition) is 2. The number of pyridine rings is 1. The van der Waals surface area contributed by atoms with Gasteiger partial charge >= 0.3 is 0 Å². The Bertz CT molecular complexity index is 961. The molecule has 0 radical (unpaired) electrons. The number of carbonyl (C=O) groups is 1. The fourth-order valence-electron chi connectivity index (χ4n) is 2.11. The molecule has 3 aromatic rings. The second-order valence-electron chi connectivity index (χ2n) is 5.26. The molecule has 0 aliphatic rings. The van der Waals surface area contributed by atoms with E-state index in [4.69, 9.17) is 0 Å². The molecule has 2 N–H and O–H groups in total. The third-order valence-electron chi connectivity index (χ3n) is 3.40. The number of nitrogens with one attached hydrogen (secondary N) is 2. The maximum atomic E-state index is 13.6. The zero-order chi connectivity index (χ0) is 18.7. The number of nitrogens with zero attached hydrogens (tertiary/aromatic N) is 1. The Morgan fingerprint density at radius 2 is 1.65 bits per heavy atom. The quantitative estimate of drug-likeness (QED) is 0.666. The number of halogens is 4. The van der Waals surface area contributed by atoms with Crippen molar-refractivity contribution in [1.82, 2.24) is 4.98 Å². The largest absolute Gasteiger partial charge is 0.338 e. The SMILES string of the molecule is O=C(Nc1ccc(F)c(F)c1)c1ccc(Nc2ccc(F)cc2F)nc1. The fourth-order valence-corrected chi connectivity index (χ4v) is 2.11. The van der Waals surface area contributed by atoms with E-state index in [-0.39, 0.29) is 22.8 Å². The van der Waals surface area contributed by atoms with Crippen molar-refractivity contribution in [3.8, 4) is 0 Å². The summed E-state index contributed by atoms with van der Waals surface area (Å²) in [4.78, 5) is 16.0. The van der Waals surface area contributed by atoms with Crippen molar-refractivity contribution in [1.29, 1.82) is 0 Å². The van der Waals surface area contributed by atoms with Crippen molar-refractivity contribution >= 4 is 23.1 Å². The average molecular weight is 361 g/mol. The highest BCUT2D eigenvalue weighted by Crippen LogP contribution is 2.20. The molecule has 4 nitrogen and oxygen atoms in total. The number of aromatic nitrogens is 1. The molecule has 0 saturated heterocycles. The molecule has 2 aromatic carbocycles. The van der Waals surface area contributed by atoms with Gasteiger partial charge in [0, 0.05) is 24.0 Å². The topological polar surface area (TPSA) is 54.0 Å². The lowest BCUT2D eigenvalue weighted by Gasteiger charge is -2.08. The van der Waals surface area contributed by atoms with E-state index in [1.54, 1.807) is 0 Å². The maximum absolute atomic E-state index is 13.6. The van der Waals surface area contributed by atoms with E-state index in [0.717, 1.165) is 24.3 Å². The van der Waals surface area contributed by atoms with Crippen LogP contribution in [-0.2, 0) is 0 Å². The molecule has 0 fully saturated rings. The van der Waals surface area contributed by atoms with Crippen LogP contribution in [0.5, 0.6) is 0 Å². The highest BCUT2D eigenvalue weighted by molar-refractivity contribution is 6.04. The molecule has 1 heterocycles. The van der Waals surface area contributed by atoms with Crippen LogP contribution >= 0.6 is 0 Å². The van der Waals surface area contributed by atoms with Crippen LogP contribution in [0.2, 0.25) is 0 Å². The minimum absolute atomic E-state index is 0.0258. The first kappa shape index (κ1) is 17.4. The van der Waals surface area contributed by atoms with E-state index in [0.29, 0.717) is 0 Å². The molecule has 0 spiro atoms. The minimum atomic E-state index is -1.08. The van der Waals surface area contributed by atoms with Gasteiger partial charge in [0.1, 0.15) is 17.5 Å². The molecular formula is C18H11F4N3O. The first-order valence-corrected chi connectivity index (χ1v) is 7.37. The summed E-state index contributed by atoms with van der Waals surface area (Å²) in [6.07, 6.45) is 1.22. The van der Waals surface area contributed by atoms with Gasteiger partial charge in [-0.2, -0.15) is 0 Å². The van der Waals surface area contributed by atoms with E-state index in [2.05, 4.69) is 15.6 Å². The van der Waals surface area contributed by atoms with Gasteiger partial charge in [-0.25, -0.2) is 22.5 Å². The normalized spacial score (nSPS) is 10.5. The lowest BCUT2D eigenvalue weighted by molar-refractivity contribution is 0.102. The van der Waals surface area contributed by atoms with Crippen LogP contribution in [0.25, 0.3) is 0 Å². The number of benzene rings is 2. The summed E-state index contributed by atoms with van der Waals surface area (Å²) in [5.74, 6) is -3.94. The molecule has 26 heavy (non-hydrogen) atoms. The van der Waals surface area contributed by atoms with Crippen LogP contribution in [0.4, 0.5) is 34.8 Å². The van der Waals surface area contributed by atoms with Crippen molar-refractivity contribution < 1.29 is 22.4 Å². The van der Waals surface area contributed by atoms with Crippen molar-refractivity contribution in [2.24, 2.45) is 0 Å². The van der Waals surface area contributed by atoms with Gasteiger partial charge in [-0.15, -0.1) is 0 Å². The molecule has 0 aliphatic heterocycles. The molecular weight excluding hydrogens is 350 g/mol. The van der Waals surface area contributed by atoms with Gasteiger partial charge in [0.05, 0.1) is 11.3 Å². The molecule has 1 amide bonds. The van der Waals surface area contributed by atoms with Gasteiger partial charge < -0.3 is 10.6 Å². The smallest absolute Gasteiger partial charge is 0.257 e. The van der Waals surface area contributed by atoms with Gasteiger partial charge in [-0.3, -0.25) is 4.79 Å². The van der Waals surface area contributed by atoms with Crippen molar-refractivity contribution in [2.45, 2.75) is 0 Å². The molecule has 0 unspecified atom stereocenters. The maximum Gasteiger partial charge on any atom is 0.257 e. The first-order chi connectivity index (χ1) is 12.4. The van der Waals surface area contributed by atoms with Crippen LogP contribution in [0.3, 0.4) is 0 Å². The monoisotopic (exact) mass is 361 g/mol. The van der Waals surface area contributed by atoms with Crippen molar-refractivity contribution in [3.63, 3.8) is 0 Å². The van der Waals surface area contributed by atoms with Crippen LogP contribution in [0, 0.1) is 23.3 Å². The van der Waals surface area contributed by atoms with Crippen LogP contribution in [-0.4, -0.2) is 10.9 Å². The number of anilines is 3. The Kier molecular flexibility index (Phi) is 4.83. The summed E-state index contributed by atoms with van der Waals surface area (Å²) in [6, 6.07) is 8.84. The second kappa shape index (κ2) is 7.22. The summed E-state index contributed by atoms with van der Waals surface area (Å²) in [7, 11) is 0. The number of carbonyl (C=O) groups excluding carboxylic acids is 1. The lowest BCUT2D eigenvalue weighted by atomic mass is 10.2. The van der Waals surface area contributed by atoms with Gasteiger partial charge in [-0.05, 0) is 36.4 Å². The summed E-state index contributed by atoms with van der Waals surface area (Å²) in [5, 5.41) is 5.06. The molecule has 0 atom stereocenters. The van der Waals surface area contributed by atoms with Crippen molar-refractivity contribution in [2.75, 3.05) is 10.6 Å². The van der Waals surface area contributed by atoms with Gasteiger partial charge in [0.2, 0.25) is 0 Å². The van der Waals surface area contributed by atoms with Crippen LogP contribution in [0.15, 0.2) is 54.7 Å². The average Bonchev–Trinajstić information content (AvgIpc) is 2.61. The zero-order valence-electron chi connectivity index (χ0n) is 13.1. The van der Waals surface area contributed by atoms with Gasteiger partial charge in [0.15, 0.2) is 11.6 Å². The first-order valence-electron chi connectivity index (χ1n) is 7.37. The van der Waals surface area contributed by atoms with Crippen molar-refractivity contribution in [3.05, 3.63) is 83.6 Å². The van der Waals surface area contributed by atoms with Crippen LogP contribution in [0.1, 0.15) is 10.4 Å². The molecule has 8 heteroatoms. The highest BCUT2D eigenvalue weighted by atomic mass is 19.2. The van der Waals surface area contributed by atoms with Crippen LogP contribution < -0.4 is 10.6 Å². The Morgan fingerprint density at radius 1 is 0.846 bits per heavy atom. The number of rotatable bonds is 4. The molecule has 0 saturated carbocycles. The summed E-state index contributed by atoms with van der Waals surface area (Å²) >= 11 is 0. The Labute approximate surface area is 145 Å². The molecule has 132 valence electrons. The second-order valence-corrected chi connectivity index (χ2v) is 5.26. The van der Waals surface area contributed by atoms with E-state index in [1.165, 1.54) is 30.5 Å².